The zero-order valence-corrected chi connectivity index (χ0v) is 5.80. The van der Waals surface area contributed by atoms with E-state index in [1.807, 2.05) is 11.9 Å². The Kier molecular flexibility index (Phi) is 2.03. The lowest BCUT2D eigenvalue weighted by Gasteiger charge is -2.07. The maximum Gasteiger partial charge on any atom is 0.140 e. The maximum absolute atomic E-state index is 12.7. The summed E-state index contributed by atoms with van der Waals surface area (Å²) in [6, 6.07) is 0. The second-order valence-corrected chi connectivity index (χ2v) is 2.51. The number of likely N-dealkylation sites (tertiary alicyclic amines) is 1. The van der Waals surface area contributed by atoms with Crippen LogP contribution in [0.3, 0.4) is 0 Å². The number of hydrogen-bond donors (Lipinski definition) is 0. The van der Waals surface area contributed by atoms with Gasteiger partial charge in [0.15, 0.2) is 0 Å². The molecule has 0 aromatic heterocycles. The lowest BCUT2D eigenvalue weighted by molar-refractivity contribution is 0.0629. The van der Waals surface area contributed by atoms with Crippen LogP contribution in [0.2, 0.25) is 0 Å². The first-order valence-electron chi connectivity index (χ1n) is 3.09. The van der Waals surface area contributed by atoms with E-state index >= 15 is 0 Å². The molecule has 3 heteroatoms. The number of rotatable bonds is 1. The SMILES string of the molecule is CO[C@H]1CN(C)C[C@H]1F. The van der Waals surface area contributed by atoms with Crippen LogP contribution in [0.5, 0.6) is 0 Å². The zero-order chi connectivity index (χ0) is 6.85. The standard InChI is InChI=1S/C6H12FNO/c1-8-3-5(7)6(4-8)9-2/h5-6H,3-4H2,1-2H3/t5-,6+/m1/s1. The lowest BCUT2D eigenvalue weighted by Crippen LogP contribution is -2.21. The van der Waals surface area contributed by atoms with E-state index in [9.17, 15) is 4.39 Å². The van der Waals surface area contributed by atoms with Crippen LogP contribution in [0.25, 0.3) is 0 Å². The molecule has 1 heterocycles. The quantitative estimate of drug-likeness (QED) is 0.509. The highest BCUT2D eigenvalue weighted by atomic mass is 19.1. The number of ether oxygens (including phenoxy) is 1. The lowest BCUT2D eigenvalue weighted by atomic mass is 10.3. The number of hydrogen-bond acceptors (Lipinski definition) is 2. The van der Waals surface area contributed by atoms with Crippen LogP contribution in [0.1, 0.15) is 0 Å². The van der Waals surface area contributed by atoms with Gasteiger partial charge >= 0.3 is 0 Å². The van der Waals surface area contributed by atoms with Crippen molar-refractivity contribution < 1.29 is 9.13 Å². The molecule has 1 fully saturated rings. The largest absolute Gasteiger partial charge is 0.377 e. The normalized spacial score (nSPS) is 37.7. The highest BCUT2D eigenvalue weighted by Crippen LogP contribution is 2.13. The summed E-state index contributed by atoms with van der Waals surface area (Å²) in [4.78, 5) is 1.93. The van der Waals surface area contributed by atoms with Gasteiger partial charge < -0.3 is 9.64 Å². The average molecular weight is 133 g/mol. The van der Waals surface area contributed by atoms with Gasteiger partial charge in [-0.1, -0.05) is 0 Å². The fourth-order valence-electron chi connectivity index (χ4n) is 1.13. The molecule has 0 N–H and O–H groups in total. The second kappa shape index (κ2) is 2.62. The van der Waals surface area contributed by atoms with Crippen LogP contribution in [-0.2, 0) is 4.74 Å². The molecule has 0 spiro atoms. The third-order valence-corrected chi connectivity index (χ3v) is 1.68. The van der Waals surface area contributed by atoms with Crippen molar-refractivity contribution in [2.75, 3.05) is 27.2 Å². The first kappa shape index (κ1) is 6.96. The van der Waals surface area contributed by atoms with E-state index in [-0.39, 0.29) is 6.10 Å². The first-order chi connectivity index (χ1) is 4.24. The second-order valence-electron chi connectivity index (χ2n) is 2.51. The Morgan fingerprint density at radius 2 is 2.22 bits per heavy atom. The summed E-state index contributed by atoms with van der Waals surface area (Å²) in [6.45, 7) is 1.23. The van der Waals surface area contributed by atoms with Crippen molar-refractivity contribution in [3.8, 4) is 0 Å². The first-order valence-corrected chi connectivity index (χ1v) is 3.09. The number of nitrogens with zero attached hydrogens (tertiary/aromatic N) is 1. The Labute approximate surface area is 54.6 Å². The number of likely N-dealkylation sites (N-methyl/N-ethyl adjacent to an activating group) is 1. The van der Waals surface area contributed by atoms with Crippen molar-refractivity contribution in [3.63, 3.8) is 0 Å². The fraction of sp³-hybridized carbons (Fsp3) is 1.00. The van der Waals surface area contributed by atoms with E-state index in [1.165, 1.54) is 0 Å². The third kappa shape index (κ3) is 1.40. The molecule has 0 bridgehead atoms. The van der Waals surface area contributed by atoms with Crippen molar-refractivity contribution in [3.05, 3.63) is 0 Å². The van der Waals surface area contributed by atoms with Crippen molar-refractivity contribution in [1.82, 2.24) is 4.90 Å². The van der Waals surface area contributed by atoms with Gasteiger partial charge in [-0.15, -0.1) is 0 Å². The Bertz CT molecular complexity index is 99.1. The van der Waals surface area contributed by atoms with Gasteiger partial charge in [0.1, 0.15) is 12.3 Å². The van der Waals surface area contributed by atoms with Crippen molar-refractivity contribution >= 4 is 0 Å². The van der Waals surface area contributed by atoms with E-state index in [4.69, 9.17) is 4.74 Å². The summed E-state index contributed by atoms with van der Waals surface area (Å²) in [6.07, 6.45) is -0.991. The summed E-state index contributed by atoms with van der Waals surface area (Å²) in [5, 5.41) is 0. The molecule has 0 aromatic carbocycles. The van der Waals surface area contributed by atoms with Gasteiger partial charge in [0.05, 0.1) is 0 Å². The minimum Gasteiger partial charge on any atom is -0.377 e. The number of methoxy groups -OCH3 is 1. The Morgan fingerprint density at radius 1 is 1.56 bits per heavy atom. The number of alkyl halides is 1. The van der Waals surface area contributed by atoms with Gasteiger partial charge in [-0.2, -0.15) is 0 Å². The molecule has 1 saturated heterocycles. The molecule has 0 aromatic rings. The molecule has 9 heavy (non-hydrogen) atoms. The molecule has 1 rings (SSSR count). The van der Waals surface area contributed by atoms with Crippen LogP contribution >= 0.6 is 0 Å². The van der Waals surface area contributed by atoms with Crippen LogP contribution in [0.15, 0.2) is 0 Å². The van der Waals surface area contributed by atoms with Crippen molar-refractivity contribution in [2.24, 2.45) is 0 Å². The highest BCUT2D eigenvalue weighted by molar-refractivity contribution is 4.82. The molecule has 0 unspecified atom stereocenters. The molecule has 0 aliphatic carbocycles. The van der Waals surface area contributed by atoms with Gasteiger partial charge in [0, 0.05) is 20.2 Å². The summed E-state index contributed by atoms with van der Waals surface area (Å²) in [5.41, 5.74) is 0. The Hall–Kier alpha value is -0.150. The molecule has 0 amide bonds. The molecular weight excluding hydrogens is 121 g/mol. The predicted molar refractivity (Wildman–Crippen MR) is 33.2 cm³/mol. The van der Waals surface area contributed by atoms with Gasteiger partial charge in [-0.25, -0.2) is 4.39 Å². The fourth-order valence-corrected chi connectivity index (χ4v) is 1.13. The Balaban J connectivity index is 2.38. The molecular formula is C6H12FNO. The van der Waals surface area contributed by atoms with Crippen molar-refractivity contribution in [2.45, 2.75) is 12.3 Å². The summed E-state index contributed by atoms with van der Waals surface area (Å²) in [7, 11) is 3.45. The van der Waals surface area contributed by atoms with Gasteiger partial charge in [-0.3, -0.25) is 0 Å². The maximum atomic E-state index is 12.7. The molecule has 2 nitrogen and oxygen atoms in total. The Morgan fingerprint density at radius 3 is 2.44 bits per heavy atom. The predicted octanol–water partition coefficient (Wildman–Crippen LogP) is 0.285. The van der Waals surface area contributed by atoms with Gasteiger partial charge in [0.2, 0.25) is 0 Å². The van der Waals surface area contributed by atoms with E-state index in [2.05, 4.69) is 0 Å². The molecule has 0 saturated carbocycles. The van der Waals surface area contributed by atoms with Gasteiger partial charge in [0.25, 0.3) is 0 Å². The zero-order valence-electron chi connectivity index (χ0n) is 5.80. The van der Waals surface area contributed by atoms with Crippen molar-refractivity contribution in [1.29, 1.82) is 0 Å². The van der Waals surface area contributed by atoms with E-state index in [0.717, 1.165) is 6.54 Å². The van der Waals surface area contributed by atoms with E-state index in [1.54, 1.807) is 7.11 Å². The minimum atomic E-state index is -0.792. The molecule has 1 aliphatic heterocycles. The average Bonchev–Trinajstić information content (AvgIpc) is 2.10. The summed E-state index contributed by atoms with van der Waals surface area (Å²) >= 11 is 0. The third-order valence-electron chi connectivity index (χ3n) is 1.68. The van der Waals surface area contributed by atoms with Crippen LogP contribution in [0, 0.1) is 0 Å². The summed E-state index contributed by atoms with van der Waals surface area (Å²) < 4.78 is 17.5. The van der Waals surface area contributed by atoms with Crippen LogP contribution in [-0.4, -0.2) is 44.4 Å². The van der Waals surface area contributed by atoms with Crippen LogP contribution in [0.4, 0.5) is 4.39 Å². The van der Waals surface area contributed by atoms with E-state index < -0.39 is 6.17 Å². The molecule has 54 valence electrons. The summed E-state index contributed by atoms with van der Waals surface area (Å²) in [5.74, 6) is 0. The minimum absolute atomic E-state index is 0.199. The van der Waals surface area contributed by atoms with Gasteiger partial charge in [-0.05, 0) is 7.05 Å². The highest BCUT2D eigenvalue weighted by Gasteiger charge is 2.30. The smallest absolute Gasteiger partial charge is 0.140 e. The van der Waals surface area contributed by atoms with Crippen LogP contribution < -0.4 is 0 Å². The van der Waals surface area contributed by atoms with E-state index in [0.29, 0.717) is 6.54 Å². The molecule has 0 radical (unpaired) electrons. The number of halogens is 1. The topological polar surface area (TPSA) is 12.5 Å². The molecule has 2 atom stereocenters. The molecule has 1 aliphatic rings. The monoisotopic (exact) mass is 133 g/mol.